The molecule has 1 heterocycles. The van der Waals surface area contributed by atoms with E-state index in [1.165, 1.54) is 5.56 Å². The minimum absolute atomic E-state index is 0.0378. The van der Waals surface area contributed by atoms with E-state index in [9.17, 15) is 4.79 Å². The van der Waals surface area contributed by atoms with E-state index in [0.717, 1.165) is 13.0 Å². The molecule has 0 aromatic heterocycles. The minimum Gasteiger partial charge on any atom is -0.372 e. The third-order valence-corrected chi connectivity index (χ3v) is 3.31. The maximum atomic E-state index is 11.4. The Bertz CT molecular complexity index is 377. The molecule has 1 aromatic carbocycles. The van der Waals surface area contributed by atoms with Gasteiger partial charge in [-0.25, -0.2) is 0 Å². The van der Waals surface area contributed by atoms with Crippen molar-refractivity contribution in [2.45, 2.75) is 32.1 Å². The Balaban J connectivity index is 1.84. The van der Waals surface area contributed by atoms with Crippen LogP contribution in [0.15, 0.2) is 30.3 Å². The quantitative estimate of drug-likeness (QED) is 0.795. The predicted octanol–water partition coefficient (Wildman–Crippen LogP) is 1.86. The van der Waals surface area contributed by atoms with Crippen LogP contribution in [0, 0.1) is 0 Å². The molecule has 17 heavy (non-hydrogen) atoms. The molecule has 0 bridgehead atoms. The third kappa shape index (κ3) is 3.14. The molecule has 1 unspecified atom stereocenters. The van der Waals surface area contributed by atoms with Gasteiger partial charge < -0.3 is 4.74 Å². The van der Waals surface area contributed by atoms with Crippen LogP contribution in [0.5, 0.6) is 0 Å². The number of likely N-dealkylation sites (N-methyl/N-ethyl adjacent to an activating group) is 1. The molecule has 1 fully saturated rings. The van der Waals surface area contributed by atoms with Gasteiger partial charge in [0.05, 0.1) is 18.8 Å². The van der Waals surface area contributed by atoms with Crippen LogP contribution in [0.25, 0.3) is 0 Å². The summed E-state index contributed by atoms with van der Waals surface area (Å²) in [5.41, 5.74) is 1.18. The van der Waals surface area contributed by atoms with Gasteiger partial charge in [-0.05, 0) is 26.0 Å². The monoisotopic (exact) mass is 233 g/mol. The van der Waals surface area contributed by atoms with Crippen LogP contribution < -0.4 is 0 Å². The van der Waals surface area contributed by atoms with Crippen LogP contribution in [0.4, 0.5) is 0 Å². The predicted molar refractivity (Wildman–Crippen MR) is 66.7 cm³/mol. The summed E-state index contributed by atoms with van der Waals surface area (Å²) in [4.78, 5) is 13.5. The molecule has 0 N–H and O–H groups in total. The number of ether oxygens (including phenoxy) is 1. The molecular weight excluding hydrogens is 214 g/mol. The number of likely N-dealkylation sites (tertiary alicyclic amines) is 1. The second-order valence-electron chi connectivity index (χ2n) is 4.72. The number of carbonyl (C=O) groups is 1. The summed E-state index contributed by atoms with van der Waals surface area (Å²) in [6.07, 6.45) is 0.993. The Hall–Kier alpha value is -1.19. The molecule has 92 valence electrons. The van der Waals surface area contributed by atoms with Crippen molar-refractivity contribution in [2.24, 2.45) is 0 Å². The number of ketones is 1. The van der Waals surface area contributed by atoms with Gasteiger partial charge in [-0.2, -0.15) is 0 Å². The first-order chi connectivity index (χ1) is 8.16. The molecule has 1 aromatic rings. The van der Waals surface area contributed by atoms with Crippen LogP contribution in [-0.2, 0) is 16.1 Å². The summed E-state index contributed by atoms with van der Waals surface area (Å²) in [6, 6.07) is 10.2. The van der Waals surface area contributed by atoms with E-state index in [2.05, 4.69) is 17.0 Å². The van der Waals surface area contributed by atoms with Crippen molar-refractivity contribution in [3.8, 4) is 0 Å². The van der Waals surface area contributed by atoms with Crippen LogP contribution in [0.2, 0.25) is 0 Å². The van der Waals surface area contributed by atoms with Crippen molar-refractivity contribution in [1.82, 2.24) is 4.90 Å². The van der Waals surface area contributed by atoms with Gasteiger partial charge in [0.1, 0.15) is 5.78 Å². The van der Waals surface area contributed by atoms with Gasteiger partial charge in [0, 0.05) is 6.54 Å². The Morgan fingerprint density at radius 2 is 2.12 bits per heavy atom. The Kier molecular flexibility index (Phi) is 3.92. The van der Waals surface area contributed by atoms with Crippen molar-refractivity contribution in [2.75, 3.05) is 13.6 Å². The number of hydrogen-bond acceptors (Lipinski definition) is 3. The van der Waals surface area contributed by atoms with Gasteiger partial charge in [-0.1, -0.05) is 30.3 Å². The number of carbonyl (C=O) groups excluding carboxylic acids is 1. The van der Waals surface area contributed by atoms with E-state index in [-0.39, 0.29) is 17.9 Å². The average Bonchev–Trinajstić information content (AvgIpc) is 2.69. The lowest BCUT2D eigenvalue weighted by atomic mass is 10.1. The topological polar surface area (TPSA) is 29.5 Å². The Labute approximate surface area is 102 Å². The fourth-order valence-electron chi connectivity index (χ4n) is 2.34. The third-order valence-electron chi connectivity index (χ3n) is 3.31. The largest absolute Gasteiger partial charge is 0.372 e. The van der Waals surface area contributed by atoms with E-state index in [4.69, 9.17) is 4.74 Å². The molecule has 3 heteroatoms. The molecular formula is C14H19NO2. The van der Waals surface area contributed by atoms with E-state index < -0.39 is 0 Å². The average molecular weight is 233 g/mol. The second kappa shape index (κ2) is 5.43. The summed E-state index contributed by atoms with van der Waals surface area (Å²) in [7, 11) is 1.98. The molecule has 0 spiro atoms. The molecule has 0 radical (unpaired) electrons. The molecule has 0 aliphatic carbocycles. The summed E-state index contributed by atoms with van der Waals surface area (Å²) < 4.78 is 5.85. The fourth-order valence-corrected chi connectivity index (χ4v) is 2.34. The zero-order valence-corrected chi connectivity index (χ0v) is 10.4. The van der Waals surface area contributed by atoms with Crippen LogP contribution >= 0.6 is 0 Å². The molecule has 2 atom stereocenters. The molecule has 0 amide bonds. The molecule has 1 aliphatic rings. The first-order valence-corrected chi connectivity index (χ1v) is 6.03. The van der Waals surface area contributed by atoms with E-state index in [1.807, 2.05) is 25.2 Å². The zero-order chi connectivity index (χ0) is 12.3. The molecule has 1 saturated heterocycles. The van der Waals surface area contributed by atoms with Gasteiger partial charge in [-0.3, -0.25) is 9.69 Å². The maximum Gasteiger partial charge on any atom is 0.146 e. The van der Waals surface area contributed by atoms with Crippen LogP contribution in [0.1, 0.15) is 18.9 Å². The molecule has 1 aliphatic heterocycles. The maximum absolute atomic E-state index is 11.4. The first kappa shape index (κ1) is 12.3. The van der Waals surface area contributed by atoms with Crippen molar-refractivity contribution in [1.29, 1.82) is 0 Å². The zero-order valence-electron chi connectivity index (χ0n) is 10.4. The highest BCUT2D eigenvalue weighted by Crippen LogP contribution is 2.20. The summed E-state index contributed by atoms with van der Waals surface area (Å²) in [5.74, 6) is 0.235. The summed E-state index contributed by atoms with van der Waals surface area (Å²) in [6.45, 7) is 3.13. The van der Waals surface area contributed by atoms with Gasteiger partial charge in [0.2, 0.25) is 0 Å². The number of nitrogens with zero attached hydrogens (tertiary/aromatic N) is 1. The highest BCUT2D eigenvalue weighted by atomic mass is 16.5. The molecule has 3 nitrogen and oxygen atoms in total. The molecule has 2 rings (SSSR count). The van der Waals surface area contributed by atoms with Gasteiger partial charge in [0.15, 0.2) is 0 Å². The van der Waals surface area contributed by atoms with E-state index in [0.29, 0.717) is 6.61 Å². The Morgan fingerprint density at radius 1 is 1.41 bits per heavy atom. The number of benzene rings is 1. The lowest BCUT2D eigenvalue weighted by Gasteiger charge is -2.14. The lowest BCUT2D eigenvalue weighted by molar-refractivity contribution is -0.120. The van der Waals surface area contributed by atoms with E-state index >= 15 is 0 Å². The second-order valence-corrected chi connectivity index (χ2v) is 4.72. The van der Waals surface area contributed by atoms with E-state index in [1.54, 1.807) is 6.92 Å². The fraction of sp³-hybridized carbons (Fsp3) is 0.500. The van der Waals surface area contributed by atoms with Gasteiger partial charge >= 0.3 is 0 Å². The number of Topliss-reactive ketones (excluding diaryl/α,β-unsaturated/α-hetero) is 1. The van der Waals surface area contributed by atoms with Gasteiger partial charge in [0.25, 0.3) is 0 Å². The highest BCUT2D eigenvalue weighted by molar-refractivity contribution is 5.81. The van der Waals surface area contributed by atoms with Crippen molar-refractivity contribution in [3.05, 3.63) is 35.9 Å². The van der Waals surface area contributed by atoms with Gasteiger partial charge in [-0.15, -0.1) is 0 Å². The van der Waals surface area contributed by atoms with Crippen molar-refractivity contribution in [3.63, 3.8) is 0 Å². The smallest absolute Gasteiger partial charge is 0.146 e. The normalized spacial score (nSPS) is 25.1. The SMILES string of the molecule is CC(=O)C1C[C@H](OCc2ccccc2)CN1C. The molecule has 0 saturated carbocycles. The number of hydrogen-bond donors (Lipinski definition) is 0. The minimum atomic E-state index is 0.0378. The Morgan fingerprint density at radius 3 is 2.71 bits per heavy atom. The lowest BCUT2D eigenvalue weighted by Crippen LogP contribution is -2.30. The van der Waals surface area contributed by atoms with Crippen LogP contribution in [0.3, 0.4) is 0 Å². The number of rotatable bonds is 4. The summed E-state index contributed by atoms with van der Waals surface area (Å²) in [5, 5.41) is 0. The summed E-state index contributed by atoms with van der Waals surface area (Å²) >= 11 is 0. The standard InChI is InChI=1S/C14H19NO2/c1-11(16)14-8-13(9-15(14)2)17-10-12-6-4-3-5-7-12/h3-7,13-14H,8-10H2,1-2H3/t13-,14?/m0/s1. The van der Waals surface area contributed by atoms with Crippen molar-refractivity contribution >= 4 is 5.78 Å². The first-order valence-electron chi connectivity index (χ1n) is 6.03. The highest BCUT2D eigenvalue weighted by Gasteiger charge is 2.32. The van der Waals surface area contributed by atoms with Crippen molar-refractivity contribution < 1.29 is 9.53 Å². The van der Waals surface area contributed by atoms with Crippen LogP contribution in [-0.4, -0.2) is 36.4 Å².